The van der Waals surface area contributed by atoms with Crippen molar-refractivity contribution < 1.29 is 9.90 Å². The Hall–Kier alpha value is -1.95. The van der Waals surface area contributed by atoms with Crippen molar-refractivity contribution in [1.82, 2.24) is 19.5 Å². The number of carbonyl (C=O) groups is 1. The van der Waals surface area contributed by atoms with Gasteiger partial charge in [0, 0.05) is 25.4 Å². The van der Waals surface area contributed by atoms with Crippen LogP contribution in [0.15, 0.2) is 12.3 Å². The van der Waals surface area contributed by atoms with E-state index in [1.165, 1.54) is 0 Å². The molecule has 3 heterocycles. The molecule has 1 atom stereocenters. The van der Waals surface area contributed by atoms with Crippen molar-refractivity contribution in [3.05, 3.63) is 29.2 Å². The molecule has 20 heavy (non-hydrogen) atoms. The molecule has 6 heteroatoms. The van der Waals surface area contributed by atoms with Crippen LogP contribution in [0.2, 0.25) is 0 Å². The number of carbonyl (C=O) groups excluding carboxylic acids is 1. The Labute approximate surface area is 117 Å². The highest BCUT2D eigenvalue weighted by atomic mass is 16.3. The highest BCUT2D eigenvalue weighted by Gasteiger charge is 2.25. The highest BCUT2D eigenvalue weighted by molar-refractivity contribution is 5.95. The predicted octanol–water partition coefficient (Wildman–Crippen LogP) is 0.943. The van der Waals surface area contributed by atoms with Crippen LogP contribution < -0.4 is 0 Å². The Bertz CT molecular complexity index is 664. The lowest BCUT2D eigenvalue weighted by atomic mass is 10.1. The molecule has 1 fully saturated rings. The molecule has 2 aromatic heterocycles. The molecule has 1 N–H and O–H groups in total. The minimum absolute atomic E-state index is 0.0798. The second-order valence-corrected chi connectivity index (χ2v) is 5.36. The Kier molecular flexibility index (Phi) is 3.17. The van der Waals surface area contributed by atoms with Gasteiger partial charge in [-0.1, -0.05) is 0 Å². The molecule has 1 aliphatic rings. The van der Waals surface area contributed by atoms with Gasteiger partial charge in [-0.2, -0.15) is 5.10 Å². The molecular weight excluding hydrogens is 256 g/mol. The molecule has 106 valence electrons. The summed E-state index contributed by atoms with van der Waals surface area (Å²) in [6.45, 7) is 4.85. The van der Waals surface area contributed by atoms with E-state index in [1.807, 2.05) is 19.9 Å². The number of β-amino-alcohol motifs (C(OH)–C–C–N with tert-alkyl or cyclic N) is 1. The first kappa shape index (κ1) is 13.1. The van der Waals surface area contributed by atoms with Crippen LogP contribution in [0, 0.1) is 13.8 Å². The number of rotatable bonds is 1. The SMILES string of the molecule is Cc1cc2ncc(C(=O)N3CCC[C@H](O)C3)c(C)n2n1. The number of nitrogens with zero attached hydrogens (tertiary/aromatic N) is 4. The van der Waals surface area contributed by atoms with Gasteiger partial charge in [0.1, 0.15) is 0 Å². The summed E-state index contributed by atoms with van der Waals surface area (Å²) in [5, 5.41) is 14.0. The van der Waals surface area contributed by atoms with E-state index in [4.69, 9.17) is 0 Å². The van der Waals surface area contributed by atoms with Gasteiger partial charge >= 0.3 is 0 Å². The van der Waals surface area contributed by atoms with Crippen LogP contribution >= 0.6 is 0 Å². The average molecular weight is 274 g/mol. The average Bonchev–Trinajstić information content (AvgIpc) is 2.80. The topological polar surface area (TPSA) is 70.7 Å². The largest absolute Gasteiger partial charge is 0.391 e. The number of likely N-dealkylation sites (tertiary alicyclic amines) is 1. The Morgan fingerprint density at radius 2 is 2.25 bits per heavy atom. The highest BCUT2D eigenvalue weighted by Crippen LogP contribution is 2.17. The third-order valence-electron chi connectivity index (χ3n) is 3.76. The first-order valence-electron chi connectivity index (χ1n) is 6.85. The van der Waals surface area contributed by atoms with E-state index < -0.39 is 6.10 Å². The number of hydrogen-bond donors (Lipinski definition) is 1. The van der Waals surface area contributed by atoms with Crippen molar-refractivity contribution in [2.75, 3.05) is 13.1 Å². The molecule has 6 nitrogen and oxygen atoms in total. The maximum atomic E-state index is 12.6. The van der Waals surface area contributed by atoms with Gasteiger partial charge in [0.15, 0.2) is 5.65 Å². The van der Waals surface area contributed by atoms with Crippen molar-refractivity contribution in [2.45, 2.75) is 32.8 Å². The molecule has 0 aliphatic carbocycles. The smallest absolute Gasteiger partial charge is 0.257 e. The van der Waals surface area contributed by atoms with E-state index in [0.717, 1.165) is 29.9 Å². The van der Waals surface area contributed by atoms with E-state index in [1.54, 1.807) is 15.6 Å². The molecular formula is C14H18N4O2. The van der Waals surface area contributed by atoms with Crippen LogP contribution in [-0.4, -0.2) is 49.7 Å². The number of hydrogen-bond acceptors (Lipinski definition) is 4. The van der Waals surface area contributed by atoms with E-state index in [0.29, 0.717) is 18.7 Å². The summed E-state index contributed by atoms with van der Waals surface area (Å²) in [6, 6.07) is 1.88. The Balaban J connectivity index is 1.96. The zero-order valence-electron chi connectivity index (χ0n) is 11.7. The second-order valence-electron chi connectivity index (χ2n) is 5.36. The normalized spacial score (nSPS) is 19.6. The lowest BCUT2D eigenvalue weighted by molar-refractivity contribution is 0.0472. The number of aliphatic hydroxyl groups is 1. The van der Waals surface area contributed by atoms with Gasteiger partial charge in [-0.25, -0.2) is 9.50 Å². The van der Waals surface area contributed by atoms with Crippen LogP contribution in [0.25, 0.3) is 5.65 Å². The third kappa shape index (κ3) is 2.16. The lowest BCUT2D eigenvalue weighted by Crippen LogP contribution is -2.42. The summed E-state index contributed by atoms with van der Waals surface area (Å²) in [5.41, 5.74) is 2.96. The van der Waals surface area contributed by atoms with Gasteiger partial charge in [0.05, 0.1) is 23.1 Å². The van der Waals surface area contributed by atoms with Gasteiger partial charge < -0.3 is 10.0 Å². The van der Waals surface area contributed by atoms with E-state index in [9.17, 15) is 9.90 Å². The first-order chi connectivity index (χ1) is 9.56. The van der Waals surface area contributed by atoms with Gasteiger partial charge in [0.25, 0.3) is 5.91 Å². The van der Waals surface area contributed by atoms with Gasteiger partial charge in [-0.05, 0) is 26.7 Å². The molecule has 3 rings (SSSR count). The molecule has 0 radical (unpaired) electrons. The molecule has 1 amide bonds. The molecule has 0 spiro atoms. The fourth-order valence-electron chi connectivity index (χ4n) is 2.68. The quantitative estimate of drug-likeness (QED) is 0.840. The Morgan fingerprint density at radius 3 is 3.00 bits per heavy atom. The van der Waals surface area contributed by atoms with Crippen LogP contribution in [0.3, 0.4) is 0 Å². The minimum Gasteiger partial charge on any atom is -0.391 e. The van der Waals surface area contributed by atoms with Crippen LogP contribution in [0.5, 0.6) is 0 Å². The monoisotopic (exact) mass is 274 g/mol. The molecule has 0 saturated carbocycles. The molecule has 1 aliphatic heterocycles. The maximum absolute atomic E-state index is 12.6. The molecule has 0 bridgehead atoms. The van der Waals surface area contributed by atoms with Crippen LogP contribution in [0.1, 0.15) is 34.6 Å². The number of aliphatic hydroxyl groups excluding tert-OH is 1. The zero-order chi connectivity index (χ0) is 14.3. The van der Waals surface area contributed by atoms with E-state index >= 15 is 0 Å². The van der Waals surface area contributed by atoms with E-state index in [2.05, 4.69) is 10.1 Å². The summed E-state index contributed by atoms with van der Waals surface area (Å²) < 4.78 is 1.70. The molecule has 2 aromatic rings. The van der Waals surface area contributed by atoms with Gasteiger partial charge in [-0.3, -0.25) is 4.79 Å². The van der Waals surface area contributed by atoms with Crippen LogP contribution in [-0.2, 0) is 0 Å². The summed E-state index contributed by atoms with van der Waals surface area (Å²) in [4.78, 5) is 18.5. The number of amides is 1. The first-order valence-corrected chi connectivity index (χ1v) is 6.85. The van der Waals surface area contributed by atoms with Crippen molar-refractivity contribution in [3.8, 4) is 0 Å². The predicted molar refractivity (Wildman–Crippen MR) is 73.6 cm³/mol. The standard InChI is InChI=1S/C14H18N4O2/c1-9-6-13-15-7-12(10(2)18(13)16-9)14(20)17-5-3-4-11(19)8-17/h6-7,11,19H,3-5,8H2,1-2H3/t11-/m0/s1. The fourth-order valence-corrected chi connectivity index (χ4v) is 2.68. The summed E-state index contributed by atoms with van der Waals surface area (Å²) in [5.74, 6) is -0.0798. The zero-order valence-corrected chi connectivity index (χ0v) is 11.7. The van der Waals surface area contributed by atoms with Crippen molar-refractivity contribution in [1.29, 1.82) is 0 Å². The van der Waals surface area contributed by atoms with Crippen molar-refractivity contribution in [2.24, 2.45) is 0 Å². The van der Waals surface area contributed by atoms with Crippen molar-refractivity contribution in [3.63, 3.8) is 0 Å². The number of aryl methyl sites for hydroxylation is 2. The molecule has 0 aromatic carbocycles. The summed E-state index contributed by atoms with van der Waals surface area (Å²) >= 11 is 0. The second kappa shape index (κ2) is 4.86. The maximum Gasteiger partial charge on any atom is 0.257 e. The Morgan fingerprint density at radius 1 is 1.45 bits per heavy atom. The third-order valence-corrected chi connectivity index (χ3v) is 3.76. The fraction of sp³-hybridized carbons (Fsp3) is 0.500. The van der Waals surface area contributed by atoms with Gasteiger partial charge in [0.2, 0.25) is 0 Å². The minimum atomic E-state index is -0.420. The van der Waals surface area contributed by atoms with E-state index in [-0.39, 0.29) is 5.91 Å². The van der Waals surface area contributed by atoms with Gasteiger partial charge in [-0.15, -0.1) is 0 Å². The summed E-state index contributed by atoms with van der Waals surface area (Å²) in [7, 11) is 0. The van der Waals surface area contributed by atoms with Crippen LogP contribution in [0.4, 0.5) is 0 Å². The molecule has 1 saturated heterocycles. The van der Waals surface area contributed by atoms with Crippen molar-refractivity contribution >= 4 is 11.6 Å². The molecule has 0 unspecified atom stereocenters. The number of aromatic nitrogens is 3. The summed E-state index contributed by atoms with van der Waals surface area (Å²) in [6.07, 6.45) is 2.78. The number of fused-ring (bicyclic) bond motifs is 1. The lowest BCUT2D eigenvalue weighted by Gasteiger charge is -2.30. The number of piperidine rings is 1.